The summed E-state index contributed by atoms with van der Waals surface area (Å²) in [6, 6.07) is 7.73. The second-order valence-corrected chi connectivity index (χ2v) is 4.73. The molecule has 0 saturated heterocycles. The lowest BCUT2D eigenvalue weighted by atomic mass is 9.92. The summed E-state index contributed by atoms with van der Waals surface area (Å²) >= 11 is 0. The standard InChI is InChI=1S/C14H20O/c15-14-9-5-8-13(11-14)10-12-6-3-1-2-4-7-12/h5,8-9,11-12,15H,1-4,6-7,10H2. The Balaban J connectivity index is 1.95. The second kappa shape index (κ2) is 5.20. The highest BCUT2D eigenvalue weighted by Crippen LogP contribution is 2.26. The van der Waals surface area contributed by atoms with Crippen molar-refractivity contribution in [3.63, 3.8) is 0 Å². The van der Waals surface area contributed by atoms with Gasteiger partial charge in [0.2, 0.25) is 0 Å². The van der Waals surface area contributed by atoms with Gasteiger partial charge in [-0.2, -0.15) is 0 Å². The van der Waals surface area contributed by atoms with E-state index in [4.69, 9.17) is 0 Å². The monoisotopic (exact) mass is 204 g/mol. The molecule has 0 unspecified atom stereocenters. The Labute approximate surface area is 92.1 Å². The van der Waals surface area contributed by atoms with Crippen molar-refractivity contribution in [3.05, 3.63) is 29.8 Å². The normalized spacial score (nSPS) is 18.7. The van der Waals surface area contributed by atoms with Gasteiger partial charge in [0.15, 0.2) is 0 Å². The first-order valence-corrected chi connectivity index (χ1v) is 6.12. The third-order valence-corrected chi connectivity index (χ3v) is 3.41. The van der Waals surface area contributed by atoms with Crippen molar-refractivity contribution < 1.29 is 5.11 Å². The summed E-state index contributed by atoms with van der Waals surface area (Å²) in [6.07, 6.45) is 9.50. The molecule has 1 aromatic carbocycles. The molecule has 1 fully saturated rings. The maximum Gasteiger partial charge on any atom is 0.115 e. The van der Waals surface area contributed by atoms with Crippen LogP contribution in [0.4, 0.5) is 0 Å². The summed E-state index contributed by atoms with van der Waals surface area (Å²) in [6.45, 7) is 0. The van der Waals surface area contributed by atoms with Crippen LogP contribution in [0, 0.1) is 5.92 Å². The molecule has 1 saturated carbocycles. The van der Waals surface area contributed by atoms with E-state index in [1.54, 1.807) is 6.07 Å². The lowest BCUT2D eigenvalue weighted by molar-refractivity contribution is 0.452. The summed E-state index contributed by atoms with van der Waals surface area (Å²) < 4.78 is 0. The highest BCUT2D eigenvalue weighted by molar-refractivity contribution is 5.27. The summed E-state index contributed by atoms with van der Waals surface area (Å²) in [5.41, 5.74) is 1.29. The van der Waals surface area contributed by atoms with Crippen LogP contribution in [0.15, 0.2) is 24.3 Å². The molecular formula is C14H20O. The summed E-state index contributed by atoms with van der Waals surface area (Å²) in [4.78, 5) is 0. The van der Waals surface area contributed by atoms with Crippen molar-refractivity contribution in [1.82, 2.24) is 0 Å². The molecule has 1 nitrogen and oxygen atoms in total. The predicted octanol–water partition coefficient (Wildman–Crippen LogP) is 3.91. The zero-order chi connectivity index (χ0) is 10.5. The molecule has 1 aliphatic carbocycles. The average molecular weight is 204 g/mol. The topological polar surface area (TPSA) is 20.2 Å². The minimum absolute atomic E-state index is 0.404. The van der Waals surface area contributed by atoms with E-state index < -0.39 is 0 Å². The van der Waals surface area contributed by atoms with Crippen molar-refractivity contribution in [2.24, 2.45) is 5.92 Å². The average Bonchev–Trinajstić information content (AvgIpc) is 2.46. The molecule has 0 bridgehead atoms. The van der Waals surface area contributed by atoms with E-state index in [0.717, 1.165) is 12.3 Å². The fraction of sp³-hybridized carbons (Fsp3) is 0.571. The Morgan fingerprint density at radius 1 is 1.07 bits per heavy atom. The molecule has 2 rings (SSSR count). The van der Waals surface area contributed by atoms with Gasteiger partial charge in [-0.25, -0.2) is 0 Å². The summed E-state index contributed by atoms with van der Waals surface area (Å²) in [5, 5.41) is 9.40. The lowest BCUT2D eigenvalue weighted by Gasteiger charge is -2.13. The van der Waals surface area contributed by atoms with Crippen molar-refractivity contribution in [3.8, 4) is 5.75 Å². The van der Waals surface area contributed by atoms with Crippen LogP contribution in [0.5, 0.6) is 5.75 Å². The van der Waals surface area contributed by atoms with E-state index in [1.807, 2.05) is 12.1 Å². The SMILES string of the molecule is Oc1cccc(CC2CCCCCC2)c1. The zero-order valence-electron chi connectivity index (χ0n) is 9.28. The van der Waals surface area contributed by atoms with Crippen molar-refractivity contribution in [2.75, 3.05) is 0 Å². The molecule has 0 heterocycles. The Bertz CT molecular complexity index is 298. The predicted molar refractivity (Wildman–Crippen MR) is 63.0 cm³/mol. The Hall–Kier alpha value is -0.980. The van der Waals surface area contributed by atoms with Gasteiger partial charge >= 0.3 is 0 Å². The first-order valence-electron chi connectivity index (χ1n) is 6.12. The molecule has 0 atom stereocenters. The fourth-order valence-corrected chi connectivity index (χ4v) is 2.58. The van der Waals surface area contributed by atoms with Crippen LogP contribution >= 0.6 is 0 Å². The van der Waals surface area contributed by atoms with E-state index in [1.165, 1.54) is 44.1 Å². The molecule has 0 aromatic heterocycles. The van der Waals surface area contributed by atoms with Crippen molar-refractivity contribution in [2.45, 2.75) is 44.9 Å². The van der Waals surface area contributed by atoms with Crippen molar-refractivity contribution >= 4 is 0 Å². The zero-order valence-corrected chi connectivity index (χ0v) is 9.28. The Kier molecular flexibility index (Phi) is 3.65. The molecule has 0 aliphatic heterocycles. The van der Waals surface area contributed by atoms with E-state index in [9.17, 15) is 5.11 Å². The number of hydrogen-bond acceptors (Lipinski definition) is 1. The van der Waals surface area contributed by atoms with E-state index >= 15 is 0 Å². The first-order chi connectivity index (χ1) is 7.34. The van der Waals surface area contributed by atoms with Crippen LogP contribution < -0.4 is 0 Å². The largest absolute Gasteiger partial charge is 0.508 e. The minimum Gasteiger partial charge on any atom is -0.508 e. The maximum absolute atomic E-state index is 9.40. The summed E-state index contributed by atoms with van der Waals surface area (Å²) in [5.74, 6) is 1.25. The number of hydrogen-bond donors (Lipinski definition) is 1. The molecule has 0 radical (unpaired) electrons. The van der Waals surface area contributed by atoms with E-state index in [-0.39, 0.29) is 0 Å². The maximum atomic E-state index is 9.40. The van der Waals surface area contributed by atoms with Crippen LogP contribution in [0.2, 0.25) is 0 Å². The quantitative estimate of drug-likeness (QED) is 0.724. The van der Waals surface area contributed by atoms with Gasteiger partial charge in [0, 0.05) is 0 Å². The Morgan fingerprint density at radius 2 is 1.80 bits per heavy atom. The van der Waals surface area contributed by atoms with Gasteiger partial charge in [-0.3, -0.25) is 0 Å². The van der Waals surface area contributed by atoms with Gasteiger partial charge in [-0.1, -0.05) is 50.7 Å². The number of phenols is 1. The highest BCUT2D eigenvalue weighted by atomic mass is 16.3. The number of phenolic OH excluding ortho intramolecular Hbond substituents is 1. The van der Waals surface area contributed by atoms with Gasteiger partial charge in [0.05, 0.1) is 0 Å². The van der Waals surface area contributed by atoms with Crippen LogP contribution in [-0.4, -0.2) is 5.11 Å². The first kappa shape index (κ1) is 10.5. The van der Waals surface area contributed by atoms with E-state index in [0.29, 0.717) is 5.75 Å². The highest BCUT2D eigenvalue weighted by Gasteiger charge is 2.12. The lowest BCUT2D eigenvalue weighted by Crippen LogP contribution is -2.02. The van der Waals surface area contributed by atoms with Gasteiger partial charge < -0.3 is 5.11 Å². The van der Waals surface area contributed by atoms with E-state index in [2.05, 4.69) is 6.07 Å². The second-order valence-electron chi connectivity index (χ2n) is 4.73. The van der Waals surface area contributed by atoms with Crippen LogP contribution in [0.25, 0.3) is 0 Å². The molecule has 15 heavy (non-hydrogen) atoms. The number of benzene rings is 1. The molecular weight excluding hydrogens is 184 g/mol. The fourth-order valence-electron chi connectivity index (χ4n) is 2.58. The molecule has 1 heteroatoms. The van der Waals surface area contributed by atoms with Crippen LogP contribution in [0.1, 0.15) is 44.1 Å². The molecule has 1 N–H and O–H groups in total. The van der Waals surface area contributed by atoms with Gasteiger partial charge in [0.1, 0.15) is 5.75 Å². The third kappa shape index (κ3) is 3.26. The smallest absolute Gasteiger partial charge is 0.115 e. The molecule has 1 aliphatic rings. The molecule has 0 amide bonds. The van der Waals surface area contributed by atoms with Crippen molar-refractivity contribution in [1.29, 1.82) is 0 Å². The minimum atomic E-state index is 0.404. The van der Waals surface area contributed by atoms with Gasteiger partial charge in [-0.05, 0) is 30.0 Å². The van der Waals surface area contributed by atoms with Gasteiger partial charge in [0.25, 0.3) is 0 Å². The summed E-state index contributed by atoms with van der Waals surface area (Å²) in [7, 11) is 0. The van der Waals surface area contributed by atoms with Crippen LogP contribution in [0.3, 0.4) is 0 Å². The number of aromatic hydroxyl groups is 1. The van der Waals surface area contributed by atoms with Crippen LogP contribution in [-0.2, 0) is 6.42 Å². The molecule has 82 valence electrons. The van der Waals surface area contributed by atoms with Gasteiger partial charge in [-0.15, -0.1) is 0 Å². The molecule has 0 spiro atoms. The third-order valence-electron chi connectivity index (χ3n) is 3.41. The molecule has 1 aromatic rings. The Morgan fingerprint density at radius 3 is 2.47 bits per heavy atom. The number of rotatable bonds is 2.